The molecule has 0 aliphatic carbocycles. The minimum absolute atomic E-state index is 0.0752. The maximum Gasteiger partial charge on any atom is 0.410 e. The average Bonchev–Trinajstić information content (AvgIpc) is 2.78. The monoisotopic (exact) mass is 328 g/mol. The Labute approximate surface area is 138 Å². The van der Waals surface area contributed by atoms with Crippen molar-refractivity contribution in [1.82, 2.24) is 9.80 Å². The standard InChI is InChI=1S/C16H28N2O3S/c1-16(2,3)21-15(20)18-7-5-4-6-13(18)10-17-9-12(11-22)8-14(17)19/h12-13,22H,4-11H2,1-3H3. The fourth-order valence-corrected chi connectivity index (χ4v) is 3.40. The molecule has 2 aliphatic rings. The summed E-state index contributed by atoms with van der Waals surface area (Å²) in [7, 11) is 0. The number of hydrogen-bond acceptors (Lipinski definition) is 4. The Morgan fingerprint density at radius 3 is 2.68 bits per heavy atom. The SMILES string of the molecule is CC(C)(C)OC(=O)N1CCCCC1CN1CC(CS)CC1=O. The predicted octanol–water partition coefficient (Wildman–Crippen LogP) is 2.55. The van der Waals surface area contributed by atoms with Crippen molar-refractivity contribution in [1.29, 1.82) is 0 Å². The summed E-state index contributed by atoms with van der Waals surface area (Å²) >= 11 is 4.30. The van der Waals surface area contributed by atoms with Gasteiger partial charge in [0.2, 0.25) is 5.91 Å². The van der Waals surface area contributed by atoms with E-state index in [1.165, 1.54) is 0 Å². The molecule has 2 fully saturated rings. The van der Waals surface area contributed by atoms with Crippen molar-refractivity contribution in [3.63, 3.8) is 0 Å². The topological polar surface area (TPSA) is 49.9 Å². The van der Waals surface area contributed by atoms with Crippen LogP contribution in [0.5, 0.6) is 0 Å². The summed E-state index contributed by atoms with van der Waals surface area (Å²) in [4.78, 5) is 28.2. The highest BCUT2D eigenvalue weighted by Gasteiger charge is 2.35. The minimum Gasteiger partial charge on any atom is -0.444 e. The summed E-state index contributed by atoms with van der Waals surface area (Å²) in [6.45, 7) is 7.75. The van der Waals surface area contributed by atoms with Crippen LogP contribution in [0.25, 0.3) is 0 Å². The molecule has 2 amide bonds. The van der Waals surface area contributed by atoms with Crippen LogP contribution < -0.4 is 0 Å². The maximum absolute atomic E-state index is 12.4. The number of thiol groups is 1. The zero-order valence-electron chi connectivity index (χ0n) is 13.9. The van der Waals surface area contributed by atoms with Gasteiger partial charge in [-0.15, -0.1) is 0 Å². The highest BCUT2D eigenvalue weighted by molar-refractivity contribution is 7.80. The van der Waals surface area contributed by atoms with Gasteiger partial charge in [0.25, 0.3) is 0 Å². The third-order valence-electron chi connectivity index (χ3n) is 4.24. The van der Waals surface area contributed by atoms with E-state index in [0.717, 1.165) is 38.1 Å². The zero-order valence-corrected chi connectivity index (χ0v) is 14.8. The Hall–Kier alpha value is -0.910. The Bertz CT molecular complexity index is 422. The fourth-order valence-electron chi connectivity index (χ4n) is 3.16. The smallest absolute Gasteiger partial charge is 0.410 e. The highest BCUT2D eigenvalue weighted by Crippen LogP contribution is 2.25. The van der Waals surface area contributed by atoms with Crippen LogP contribution in [0.15, 0.2) is 0 Å². The summed E-state index contributed by atoms with van der Waals surface area (Å²) in [6.07, 6.45) is 3.37. The molecule has 2 heterocycles. The second kappa shape index (κ2) is 7.11. The van der Waals surface area contributed by atoms with Gasteiger partial charge in [-0.1, -0.05) is 0 Å². The number of piperidine rings is 1. The Balaban J connectivity index is 1.98. The third-order valence-corrected chi connectivity index (χ3v) is 4.76. The lowest BCUT2D eigenvalue weighted by Gasteiger charge is -2.38. The van der Waals surface area contributed by atoms with E-state index in [1.807, 2.05) is 30.6 Å². The first-order chi connectivity index (χ1) is 10.3. The van der Waals surface area contributed by atoms with Gasteiger partial charge in [-0.25, -0.2) is 4.79 Å². The predicted molar refractivity (Wildman–Crippen MR) is 89.1 cm³/mol. The molecule has 0 N–H and O–H groups in total. The number of likely N-dealkylation sites (tertiary alicyclic amines) is 2. The van der Waals surface area contributed by atoms with Gasteiger partial charge in [0.05, 0.1) is 6.04 Å². The van der Waals surface area contributed by atoms with Crippen molar-refractivity contribution in [2.45, 2.75) is 58.1 Å². The lowest BCUT2D eigenvalue weighted by atomic mass is 10.0. The molecule has 126 valence electrons. The quantitative estimate of drug-likeness (QED) is 0.810. The van der Waals surface area contributed by atoms with E-state index >= 15 is 0 Å². The molecular formula is C16H28N2O3S. The van der Waals surface area contributed by atoms with E-state index in [0.29, 0.717) is 18.9 Å². The van der Waals surface area contributed by atoms with E-state index in [2.05, 4.69) is 12.6 Å². The molecule has 22 heavy (non-hydrogen) atoms. The molecular weight excluding hydrogens is 300 g/mol. The van der Waals surface area contributed by atoms with Gasteiger partial charge in [0.1, 0.15) is 5.60 Å². The van der Waals surface area contributed by atoms with Crippen molar-refractivity contribution in [3.8, 4) is 0 Å². The molecule has 0 radical (unpaired) electrons. The zero-order chi connectivity index (χ0) is 16.3. The van der Waals surface area contributed by atoms with Gasteiger partial charge in [-0.2, -0.15) is 12.6 Å². The van der Waals surface area contributed by atoms with Crippen molar-refractivity contribution < 1.29 is 14.3 Å². The van der Waals surface area contributed by atoms with Gasteiger partial charge >= 0.3 is 6.09 Å². The summed E-state index contributed by atoms with van der Waals surface area (Å²) in [5, 5.41) is 0. The van der Waals surface area contributed by atoms with Crippen LogP contribution in [0, 0.1) is 5.92 Å². The van der Waals surface area contributed by atoms with Crippen LogP contribution in [0.1, 0.15) is 46.5 Å². The third kappa shape index (κ3) is 4.54. The second-order valence-electron chi connectivity index (χ2n) is 7.37. The molecule has 0 aromatic heterocycles. The first-order valence-corrected chi connectivity index (χ1v) is 8.81. The van der Waals surface area contributed by atoms with Gasteiger partial charge in [-0.3, -0.25) is 4.79 Å². The Morgan fingerprint density at radius 2 is 2.09 bits per heavy atom. The van der Waals surface area contributed by atoms with Crippen molar-refractivity contribution in [2.75, 3.05) is 25.4 Å². The summed E-state index contributed by atoms with van der Waals surface area (Å²) in [5.41, 5.74) is -0.486. The van der Waals surface area contributed by atoms with E-state index in [-0.39, 0.29) is 18.0 Å². The Morgan fingerprint density at radius 1 is 1.36 bits per heavy atom. The number of amides is 2. The Kier molecular flexibility index (Phi) is 5.64. The molecule has 0 aromatic carbocycles. The molecule has 6 heteroatoms. The van der Waals surface area contributed by atoms with Crippen LogP contribution in [-0.2, 0) is 9.53 Å². The molecule has 2 aliphatic heterocycles. The summed E-state index contributed by atoms with van der Waals surface area (Å²) in [5.74, 6) is 1.27. The van der Waals surface area contributed by atoms with E-state index in [9.17, 15) is 9.59 Å². The summed E-state index contributed by atoms with van der Waals surface area (Å²) in [6, 6.07) is 0.0752. The van der Waals surface area contributed by atoms with Gasteiger partial charge < -0.3 is 14.5 Å². The minimum atomic E-state index is -0.486. The van der Waals surface area contributed by atoms with Crippen molar-refractivity contribution in [2.24, 2.45) is 5.92 Å². The molecule has 2 rings (SSSR count). The molecule has 2 saturated heterocycles. The van der Waals surface area contributed by atoms with E-state index < -0.39 is 5.60 Å². The lowest BCUT2D eigenvalue weighted by molar-refractivity contribution is -0.128. The van der Waals surface area contributed by atoms with E-state index in [1.54, 1.807) is 0 Å². The largest absolute Gasteiger partial charge is 0.444 e. The van der Waals surface area contributed by atoms with Gasteiger partial charge in [-0.05, 0) is 51.7 Å². The first kappa shape index (κ1) is 17.4. The lowest BCUT2D eigenvalue weighted by Crippen LogP contribution is -2.51. The number of nitrogens with zero attached hydrogens (tertiary/aromatic N) is 2. The normalized spacial score (nSPS) is 26.5. The number of hydrogen-bond donors (Lipinski definition) is 1. The summed E-state index contributed by atoms with van der Waals surface area (Å²) < 4.78 is 5.51. The van der Waals surface area contributed by atoms with Crippen LogP contribution in [0.3, 0.4) is 0 Å². The number of carbonyl (C=O) groups excluding carboxylic acids is 2. The molecule has 2 atom stereocenters. The first-order valence-electron chi connectivity index (χ1n) is 8.18. The molecule has 2 unspecified atom stereocenters. The van der Waals surface area contributed by atoms with Crippen LogP contribution in [0.4, 0.5) is 4.79 Å². The van der Waals surface area contributed by atoms with Crippen molar-refractivity contribution >= 4 is 24.6 Å². The van der Waals surface area contributed by atoms with Crippen LogP contribution in [-0.4, -0.2) is 58.8 Å². The second-order valence-corrected chi connectivity index (χ2v) is 7.74. The highest BCUT2D eigenvalue weighted by atomic mass is 32.1. The van der Waals surface area contributed by atoms with Crippen LogP contribution >= 0.6 is 12.6 Å². The average molecular weight is 328 g/mol. The molecule has 0 spiro atoms. The van der Waals surface area contributed by atoms with Crippen molar-refractivity contribution in [3.05, 3.63) is 0 Å². The van der Waals surface area contributed by atoms with E-state index in [4.69, 9.17) is 4.74 Å². The number of carbonyl (C=O) groups is 2. The number of rotatable bonds is 3. The maximum atomic E-state index is 12.4. The molecule has 0 bridgehead atoms. The van der Waals surface area contributed by atoms with Gasteiger partial charge in [0.15, 0.2) is 0 Å². The number of ether oxygens (including phenoxy) is 1. The fraction of sp³-hybridized carbons (Fsp3) is 0.875. The molecule has 0 saturated carbocycles. The molecule has 5 nitrogen and oxygen atoms in total. The van der Waals surface area contributed by atoms with Gasteiger partial charge in [0, 0.05) is 26.1 Å². The molecule has 0 aromatic rings. The van der Waals surface area contributed by atoms with Crippen LogP contribution in [0.2, 0.25) is 0 Å².